The number of hydrogen-bond acceptors (Lipinski definition) is 14. The number of rotatable bonds is 9. The minimum Gasteiger partial charge on any atom is -0.387 e. The molecule has 3 heterocycles. The average Bonchev–Trinajstić information content (AvgIpc) is 3.16. The van der Waals surface area contributed by atoms with Gasteiger partial charge in [-0.15, -0.1) is 0 Å². The number of nitrogens with two attached hydrogens (primary N) is 1. The lowest BCUT2D eigenvalue weighted by molar-refractivity contribution is -0.0493. The summed E-state index contributed by atoms with van der Waals surface area (Å²) in [5.41, 5.74) is 6.04. The second-order valence-electron chi connectivity index (χ2n) is 6.42. The molecule has 0 radical (unpaired) electrons. The van der Waals surface area contributed by atoms with Gasteiger partial charge < -0.3 is 45.6 Å². The van der Waals surface area contributed by atoms with Crippen LogP contribution in [0.15, 0.2) is 6.33 Å². The highest BCUT2D eigenvalue weighted by atomic mass is 31.3. The Labute approximate surface area is 183 Å². The molecule has 0 spiro atoms. The molecule has 0 bridgehead atoms. The average molecular weight is 536 g/mol. The topological polar surface area (TPSA) is 291 Å². The first-order chi connectivity index (χ1) is 15.1. The Morgan fingerprint density at radius 3 is 2.39 bits per heavy atom. The van der Waals surface area contributed by atoms with Gasteiger partial charge in [0.05, 0.1) is 6.61 Å². The van der Waals surface area contributed by atoms with Gasteiger partial charge in [-0.3, -0.25) is 9.09 Å². The van der Waals surface area contributed by atoms with Crippen molar-refractivity contribution >= 4 is 46.4 Å². The molecule has 3 rings (SSSR count). The largest absolute Gasteiger partial charge is 0.490 e. The van der Waals surface area contributed by atoms with Crippen LogP contribution in [0.2, 0.25) is 0 Å². The van der Waals surface area contributed by atoms with Crippen LogP contribution in [0.25, 0.3) is 11.2 Å². The van der Waals surface area contributed by atoms with Crippen LogP contribution in [0.5, 0.6) is 0 Å². The fourth-order valence-electron chi connectivity index (χ4n) is 2.89. The van der Waals surface area contributed by atoms with Gasteiger partial charge in [0.15, 0.2) is 23.2 Å². The minimum absolute atomic E-state index is 0.0208. The van der Waals surface area contributed by atoms with Crippen LogP contribution in [0.4, 0.5) is 11.8 Å². The van der Waals surface area contributed by atoms with E-state index in [4.69, 9.17) is 25.2 Å². The zero-order valence-corrected chi connectivity index (χ0v) is 19.0. The quantitative estimate of drug-likeness (QED) is 0.168. The van der Waals surface area contributed by atoms with Crippen molar-refractivity contribution in [2.75, 3.05) is 24.7 Å². The van der Waals surface area contributed by atoms with Gasteiger partial charge in [0.1, 0.15) is 24.6 Å². The maximum absolute atomic E-state index is 11.9. The van der Waals surface area contributed by atoms with Crippen LogP contribution < -0.4 is 11.1 Å². The van der Waals surface area contributed by atoms with E-state index in [1.165, 1.54) is 11.6 Å². The lowest BCUT2D eigenvalue weighted by Gasteiger charge is -2.19. The summed E-state index contributed by atoms with van der Waals surface area (Å²) in [4.78, 5) is 47.8. The molecule has 1 aliphatic heterocycles. The number of aliphatic hydroxyl groups is 2. The van der Waals surface area contributed by atoms with Gasteiger partial charge in [-0.1, -0.05) is 0 Å². The Balaban J connectivity index is 1.76. The Hall–Kier alpha value is -1.56. The molecule has 1 fully saturated rings. The molecule has 33 heavy (non-hydrogen) atoms. The lowest BCUT2D eigenvalue weighted by atomic mass is 10.1. The van der Waals surface area contributed by atoms with Crippen LogP contribution in [0.3, 0.4) is 0 Å². The third kappa shape index (κ3) is 5.93. The first-order valence-electron chi connectivity index (χ1n) is 8.60. The molecule has 2 aromatic heterocycles. The number of ether oxygens (including phenoxy) is 1. The predicted octanol–water partition coefficient (Wildman–Crippen LogP) is -1.59. The summed E-state index contributed by atoms with van der Waals surface area (Å²) in [6.45, 7) is -0.975. The van der Waals surface area contributed by atoms with Gasteiger partial charge in [-0.25, -0.2) is 28.6 Å². The number of aliphatic hydroxyl groups excluding tert-OH is 2. The van der Waals surface area contributed by atoms with Crippen molar-refractivity contribution in [2.45, 2.75) is 24.5 Å². The number of hydrogen-bond donors (Lipinski definition) is 8. The van der Waals surface area contributed by atoms with Crippen LogP contribution in [-0.4, -0.2) is 81.3 Å². The van der Waals surface area contributed by atoms with Gasteiger partial charge in [-0.2, -0.15) is 8.62 Å². The fourth-order valence-corrected chi connectivity index (χ4v) is 5.92. The number of phosphoric ester groups is 1. The highest BCUT2D eigenvalue weighted by Gasteiger charge is 2.47. The maximum atomic E-state index is 11.9. The Bertz CT molecular complexity index is 1170. The van der Waals surface area contributed by atoms with E-state index in [9.17, 15) is 28.8 Å². The Morgan fingerprint density at radius 2 is 1.79 bits per heavy atom. The summed E-state index contributed by atoms with van der Waals surface area (Å²) in [6.07, 6.45) is -5.06. The zero-order valence-electron chi connectivity index (χ0n) is 16.3. The SMILES string of the molecule is CNc1nc2c(N)ncnc2n1C1O[C@H](COP(=O)(O)OP(=O)(O)OP(=O)(O)O)[C@@H](O)[C@H]1O. The van der Waals surface area contributed by atoms with Crippen LogP contribution in [-0.2, 0) is 31.6 Å². The third-order valence-corrected chi connectivity index (χ3v) is 7.94. The molecule has 0 saturated carbocycles. The fraction of sp³-hybridized carbons (Fsp3) is 0.545. The molecule has 0 aromatic carbocycles. The number of phosphoric acid groups is 3. The van der Waals surface area contributed by atoms with E-state index in [0.29, 0.717) is 0 Å². The monoisotopic (exact) mass is 536 g/mol. The molecular weight excluding hydrogens is 517 g/mol. The second-order valence-corrected chi connectivity index (χ2v) is 10.8. The summed E-state index contributed by atoms with van der Waals surface area (Å²) < 4.78 is 52.3. The Morgan fingerprint density at radius 1 is 1.12 bits per heavy atom. The number of nitrogens with zero attached hydrogens (tertiary/aromatic N) is 4. The molecule has 0 amide bonds. The van der Waals surface area contributed by atoms with Crippen molar-refractivity contribution in [3.63, 3.8) is 0 Å². The van der Waals surface area contributed by atoms with Crippen molar-refractivity contribution < 1.29 is 61.4 Å². The minimum atomic E-state index is -5.72. The van der Waals surface area contributed by atoms with E-state index in [1.54, 1.807) is 0 Å². The van der Waals surface area contributed by atoms with Gasteiger partial charge >= 0.3 is 23.5 Å². The smallest absolute Gasteiger partial charge is 0.387 e. The van der Waals surface area contributed by atoms with Gasteiger partial charge in [0.2, 0.25) is 5.95 Å². The van der Waals surface area contributed by atoms with Gasteiger partial charge in [-0.05, 0) is 0 Å². The molecule has 19 nitrogen and oxygen atoms in total. The number of nitrogens with one attached hydrogen (secondary N) is 1. The van der Waals surface area contributed by atoms with E-state index < -0.39 is 54.6 Å². The standard InChI is InChI=1S/C11H19N6O13P3/c1-13-11-16-5-8(12)14-3-15-9(5)17(11)10-7(19)6(18)4(28-10)2-27-32(23,24)30-33(25,26)29-31(20,21)22/h3-4,6-7,10,18-19H,2H2,1H3,(H,13,16)(H,23,24)(H,25,26)(H2,12,14,15)(H2,20,21,22)/t4-,6-,7-,10?/m1/s1. The summed E-state index contributed by atoms with van der Waals surface area (Å²) in [5.74, 6) is 0.134. The first kappa shape index (κ1) is 26.1. The van der Waals surface area contributed by atoms with Crippen molar-refractivity contribution in [1.82, 2.24) is 19.5 Å². The molecule has 6 atom stereocenters. The molecule has 22 heteroatoms. The van der Waals surface area contributed by atoms with Crippen molar-refractivity contribution in [1.29, 1.82) is 0 Å². The second kappa shape index (κ2) is 9.24. The molecule has 2 aromatic rings. The number of aromatic nitrogens is 4. The van der Waals surface area contributed by atoms with E-state index in [-0.39, 0.29) is 22.9 Å². The van der Waals surface area contributed by atoms with E-state index in [0.717, 1.165) is 6.33 Å². The molecule has 0 aliphatic carbocycles. The van der Waals surface area contributed by atoms with Gasteiger partial charge in [0, 0.05) is 7.05 Å². The highest BCUT2D eigenvalue weighted by Crippen LogP contribution is 2.66. The molecule has 186 valence electrons. The highest BCUT2D eigenvalue weighted by molar-refractivity contribution is 7.66. The summed E-state index contributed by atoms with van der Waals surface area (Å²) in [5, 5.41) is 23.5. The predicted molar refractivity (Wildman–Crippen MR) is 105 cm³/mol. The molecule has 9 N–H and O–H groups in total. The number of fused-ring (bicyclic) bond motifs is 1. The maximum Gasteiger partial charge on any atom is 0.490 e. The zero-order chi connectivity index (χ0) is 24.8. The summed E-state index contributed by atoms with van der Waals surface area (Å²) in [6, 6.07) is 0. The van der Waals surface area contributed by atoms with Crippen molar-refractivity contribution in [3.05, 3.63) is 6.33 Å². The van der Waals surface area contributed by atoms with Crippen LogP contribution >= 0.6 is 23.5 Å². The van der Waals surface area contributed by atoms with Crippen molar-refractivity contribution in [3.8, 4) is 0 Å². The molecule has 1 saturated heterocycles. The van der Waals surface area contributed by atoms with Crippen LogP contribution in [0, 0.1) is 0 Å². The van der Waals surface area contributed by atoms with Crippen molar-refractivity contribution in [2.24, 2.45) is 0 Å². The van der Waals surface area contributed by atoms with Crippen LogP contribution in [0.1, 0.15) is 6.23 Å². The van der Waals surface area contributed by atoms with E-state index in [1.807, 2.05) is 0 Å². The molecule has 3 unspecified atom stereocenters. The first-order valence-corrected chi connectivity index (χ1v) is 13.1. The summed E-state index contributed by atoms with van der Waals surface area (Å²) in [7, 11) is -15.2. The number of anilines is 2. The molecule has 1 aliphatic rings. The number of imidazole rings is 1. The summed E-state index contributed by atoms with van der Waals surface area (Å²) >= 11 is 0. The molecular formula is C11H19N6O13P3. The van der Waals surface area contributed by atoms with E-state index in [2.05, 4.69) is 33.4 Å². The number of nitrogen functional groups attached to an aromatic ring is 1. The lowest BCUT2D eigenvalue weighted by Crippen LogP contribution is -2.33. The third-order valence-electron chi connectivity index (χ3n) is 4.14. The Kier molecular flexibility index (Phi) is 7.29. The normalized spacial score (nSPS) is 27.4. The van der Waals surface area contributed by atoms with Gasteiger partial charge in [0.25, 0.3) is 0 Å². The van der Waals surface area contributed by atoms with E-state index >= 15 is 0 Å².